The molecule has 1 aliphatic rings. The zero-order valence-electron chi connectivity index (χ0n) is 21.6. The van der Waals surface area contributed by atoms with Crippen LogP contribution in [0, 0.1) is 5.41 Å². The van der Waals surface area contributed by atoms with Crippen LogP contribution in [0.15, 0.2) is 83.0 Å². The molecule has 1 amide bonds. The Labute approximate surface area is 211 Å². The highest BCUT2D eigenvalue weighted by molar-refractivity contribution is 7.85. The Bertz CT molecular complexity index is 1150. The second-order valence-corrected chi connectivity index (χ2v) is 11.6. The van der Waals surface area contributed by atoms with Crippen molar-refractivity contribution >= 4 is 21.7 Å². The van der Waals surface area contributed by atoms with E-state index in [0.29, 0.717) is 18.5 Å². The van der Waals surface area contributed by atoms with E-state index in [1.54, 1.807) is 18.2 Å². The lowest BCUT2D eigenvalue weighted by molar-refractivity contribution is -0.111. The molecular weight excluding hydrogens is 458 g/mol. The van der Waals surface area contributed by atoms with Gasteiger partial charge in [-0.15, -0.1) is 0 Å². The quantitative estimate of drug-likeness (QED) is 0.208. The average Bonchev–Trinajstić information content (AvgIpc) is 2.73. The van der Waals surface area contributed by atoms with Gasteiger partial charge in [-0.05, 0) is 87.1 Å². The van der Waals surface area contributed by atoms with Gasteiger partial charge in [0.05, 0.1) is 5.75 Å². The molecule has 5 nitrogen and oxygen atoms in total. The van der Waals surface area contributed by atoms with Crippen LogP contribution < -0.4 is 5.32 Å². The van der Waals surface area contributed by atoms with Crippen LogP contribution in [-0.4, -0.2) is 24.6 Å². The van der Waals surface area contributed by atoms with Crippen molar-refractivity contribution in [3.8, 4) is 0 Å². The van der Waals surface area contributed by atoms with E-state index < -0.39 is 10.1 Å². The van der Waals surface area contributed by atoms with E-state index in [2.05, 4.69) is 45.2 Å². The first-order valence-corrected chi connectivity index (χ1v) is 13.7. The standard InChI is InChI=1S/C29H39NO4S/c1-22(13-18-27-24(3)11-7-19-29(27,4)5)9-6-10-23(2)21-28(31)30-26-16-14-25(15-17-26)12-8-20-35(32,33)34/h6,9-10,13-18,21H,7-8,11-12,19-20H2,1-5H3,(H,30,31)(H,32,33,34). The van der Waals surface area contributed by atoms with Crippen molar-refractivity contribution in [3.05, 3.63) is 88.6 Å². The summed E-state index contributed by atoms with van der Waals surface area (Å²) in [5.41, 5.74) is 6.75. The molecule has 0 aliphatic heterocycles. The summed E-state index contributed by atoms with van der Waals surface area (Å²) in [5, 5.41) is 2.83. The molecule has 0 atom stereocenters. The van der Waals surface area contributed by atoms with Gasteiger partial charge in [0.1, 0.15) is 0 Å². The molecule has 2 N–H and O–H groups in total. The Morgan fingerprint density at radius 3 is 2.43 bits per heavy atom. The van der Waals surface area contributed by atoms with E-state index >= 15 is 0 Å². The first-order chi connectivity index (χ1) is 16.4. The fourth-order valence-corrected chi connectivity index (χ4v) is 4.79. The molecule has 6 heteroatoms. The lowest BCUT2D eigenvalue weighted by Gasteiger charge is -2.32. The molecule has 0 saturated carbocycles. The highest BCUT2D eigenvalue weighted by atomic mass is 32.2. The molecule has 1 aliphatic carbocycles. The van der Waals surface area contributed by atoms with Crippen LogP contribution in [0.1, 0.15) is 65.9 Å². The molecule has 1 aromatic carbocycles. The highest BCUT2D eigenvalue weighted by Gasteiger charge is 2.26. The number of aryl methyl sites for hydroxylation is 1. The Morgan fingerprint density at radius 2 is 1.80 bits per heavy atom. The number of amides is 1. The summed E-state index contributed by atoms with van der Waals surface area (Å²) in [6.07, 6.45) is 16.4. The third-order valence-corrected chi connectivity index (χ3v) is 7.03. The molecule has 0 bridgehead atoms. The van der Waals surface area contributed by atoms with Gasteiger partial charge >= 0.3 is 0 Å². The average molecular weight is 498 g/mol. The maximum atomic E-state index is 12.3. The lowest BCUT2D eigenvalue weighted by Crippen LogP contribution is -2.19. The van der Waals surface area contributed by atoms with Crippen LogP contribution >= 0.6 is 0 Å². The third kappa shape index (κ3) is 10.6. The predicted molar refractivity (Wildman–Crippen MR) is 146 cm³/mol. The first-order valence-electron chi connectivity index (χ1n) is 12.1. The summed E-state index contributed by atoms with van der Waals surface area (Å²) in [6, 6.07) is 7.23. The number of carbonyl (C=O) groups is 1. The number of nitrogens with one attached hydrogen (secondary N) is 1. The summed E-state index contributed by atoms with van der Waals surface area (Å²) in [5.74, 6) is -0.474. The normalized spacial score (nSPS) is 17.4. The SMILES string of the molecule is CC(C=CC1=C(C)CCCC1(C)C)=CC=CC(C)=CC(=O)Nc1ccc(CCCS(=O)(=O)O)cc1. The van der Waals surface area contributed by atoms with Crippen molar-refractivity contribution in [1.29, 1.82) is 0 Å². The van der Waals surface area contributed by atoms with Gasteiger partial charge in [0, 0.05) is 11.8 Å². The van der Waals surface area contributed by atoms with Crippen molar-refractivity contribution in [2.75, 3.05) is 11.1 Å². The minimum Gasteiger partial charge on any atom is -0.323 e. The van der Waals surface area contributed by atoms with E-state index in [-0.39, 0.29) is 17.1 Å². The Balaban J connectivity index is 1.88. The number of anilines is 1. The summed E-state index contributed by atoms with van der Waals surface area (Å²) in [7, 11) is -3.93. The van der Waals surface area contributed by atoms with Gasteiger partial charge in [-0.25, -0.2) is 0 Å². The summed E-state index contributed by atoms with van der Waals surface area (Å²) in [4.78, 5) is 12.3. The zero-order chi connectivity index (χ0) is 26.1. The molecule has 0 saturated heterocycles. The summed E-state index contributed by atoms with van der Waals surface area (Å²) >= 11 is 0. The van der Waals surface area contributed by atoms with Crippen LogP contribution in [0.3, 0.4) is 0 Å². The minimum atomic E-state index is -3.93. The van der Waals surface area contributed by atoms with E-state index in [4.69, 9.17) is 4.55 Å². The summed E-state index contributed by atoms with van der Waals surface area (Å²) in [6.45, 7) is 10.8. The van der Waals surface area contributed by atoms with Gasteiger partial charge in [0.15, 0.2) is 0 Å². The predicted octanol–water partition coefficient (Wildman–Crippen LogP) is 6.98. The Kier molecular flexibility index (Phi) is 10.5. The van der Waals surface area contributed by atoms with Crippen molar-refractivity contribution in [2.45, 2.75) is 66.7 Å². The zero-order valence-corrected chi connectivity index (χ0v) is 22.4. The second kappa shape index (κ2) is 12.8. The lowest BCUT2D eigenvalue weighted by atomic mass is 9.72. The number of allylic oxidation sites excluding steroid dienone is 9. The second-order valence-electron chi connectivity index (χ2n) is 10.00. The monoisotopic (exact) mass is 497 g/mol. The van der Waals surface area contributed by atoms with Crippen LogP contribution in [0.2, 0.25) is 0 Å². The van der Waals surface area contributed by atoms with Crippen molar-refractivity contribution in [1.82, 2.24) is 0 Å². The molecule has 0 heterocycles. The topological polar surface area (TPSA) is 83.5 Å². The molecular formula is C29H39NO4S. The molecule has 2 rings (SSSR count). The number of hydrogen-bond acceptors (Lipinski definition) is 3. The van der Waals surface area contributed by atoms with Crippen molar-refractivity contribution < 1.29 is 17.8 Å². The molecule has 0 radical (unpaired) electrons. The highest BCUT2D eigenvalue weighted by Crippen LogP contribution is 2.40. The van der Waals surface area contributed by atoms with Crippen LogP contribution in [0.25, 0.3) is 0 Å². The van der Waals surface area contributed by atoms with E-state index in [1.165, 1.54) is 30.4 Å². The van der Waals surface area contributed by atoms with Gasteiger partial charge in [0.25, 0.3) is 10.1 Å². The third-order valence-electron chi connectivity index (χ3n) is 6.22. The number of hydrogen-bond donors (Lipinski definition) is 2. The molecule has 0 unspecified atom stereocenters. The maximum absolute atomic E-state index is 12.3. The van der Waals surface area contributed by atoms with E-state index in [0.717, 1.165) is 16.7 Å². The molecule has 0 aromatic heterocycles. The molecule has 0 spiro atoms. The smallest absolute Gasteiger partial charge is 0.264 e. The van der Waals surface area contributed by atoms with Crippen molar-refractivity contribution in [3.63, 3.8) is 0 Å². The van der Waals surface area contributed by atoms with Crippen LogP contribution in [0.4, 0.5) is 5.69 Å². The Hall–Kier alpha value is -2.70. The van der Waals surface area contributed by atoms with Gasteiger partial charge in [-0.1, -0.05) is 67.5 Å². The fraction of sp³-hybridized carbons (Fsp3) is 0.414. The minimum absolute atomic E-state index is 0.214. The van der Waals surface area contributed by atoms with Crippen LogP contribution in [0.5, 0.6) is 0 Å². The van der Waals surface area contributed by atoms with Gasteiger partial charge in [0.2, 0.25) is 5.91 Å². The van der Waals surface area contributed by atoms with Crippen molar-refractivity contribution in [2.24, 2.45) is 5.41 Å². The maximum Gasteiger partial charge on any atom is 0.264 e. The fourth-order valence-electron chi connectivity index (χ4n) is 4.28. The van der Waals surface area contributed by atoms with E-state index in [9.17, 15) is 13.2 Å². The molecule has 1 aromatic rings. The Morgan fingerprint density at radius 1 is 1.11 bits per heavy atom. The largest absolute Gasteiger partial charge is 0.323 e. The molecule has 35 heavy (non-hydrogen) atoms. The number of carbonyl (C=O) groups excluding carboxylic acids is 1. The van der Waals surface area contributed by atoms with Gasteiger partial charge in [-0.2, -0.15) is 8.42 Å². The molecule has 0 fully saturated rings. The number of benzene rings is 1. The first kappa shape index (κ1) is 28.5. The molecule has 190 valence electrons. The van der Waals surface area contributed by atoms with E-state index in [1.807, 2.05) is 37.3 Å². The number of rotatable bonds is 10. The van der Waals surface area contributed by atoms with Gasteiger partial charge < -0.3 is 5.32 Å². The summed E-state index contributed by atoms with van der Waals surface area (Å²) < 4.78 is 30.4. The van der Waals surface area contributed by atoms with Gasteiger partial charge in [-0.3, -0.25) is 9.35 Å². The van der Waals surface area contributed by atoms with Crippen LogP contribution in [-0.2, 0) is 21.3 Å².